The maximum absolute atomic E-state index is 13.3. The van der Waals surface area contributed by atoms with Gasteiger partial charge in [-0.2, -0.15) is 18.4 Å². The normalized spacial score (nSPS) is 15.9. The third-order valence-corrected chi connectivity index (χ3v) is 7.95. The van der Waals surface area contributed by atoms with Crippen LogP contribution in [-0.4, -0.2) is 43.4 Å². The first-order valence-corrected chi connectivity index (χ1v) is 13.1. The number of anilines is 1. The predicted molar refractivity (Wildman–Crippen MR) is 141 cm³/mol. The number of halogens is 3. The van der Waals surface area contributed by atoms with Crippen LogP contribution < -0.4 is 5.32 Å². The van der Waals surface area contributed by atoms with E-state index in [0.29, 0.717) is 17.4 Å². The SMILES string of the molecule is Cc1ccc(SN2CCC(C(C)Nc3ncc(C#N)c(-c4c[nH]c5ncc(C(F)(F)F)cc45)n3)CC2)cc1. The topological polar surface area (TPSA) is 93.5 Å². The molecule has 5 rings (SSSR count). The van der Waals surface area contributed by atoms with Gasteiger partial charge in [0.15, 0.2) is 0 Å². The second-order valence-electron chi connectivity index (χ2n) is 9.49. The summed E-state index contributed by atoms with van der Waals surface area (Å²) in [6.45, 7) is 6.08. The van der Waals surface area contributed by atoms with E-state index in [1.165, 1.54) is 22.9 Å². The molecule has 1 atom stereocenters. The van der Waals surface area contributed by atoms with Crippen molar-refractivity contribution in [2.75, 3.05) is 18.4 Å². The lowest BCUT2D eigenvalue weighted by Gasteiger charge is -2.34. The molecule has 0 bridgehead atoms. The van der Waals surface area contributed by atoms with E-state index in [9.17, 15) is 18.4 Å². The minimum Gasteiger partial charge on any atom is -0.351 e. The van der Waals surface area contributed by atoms with Gasteiger partial charge < -0.3 is 10.3 Å². The van der Waals surface area contributed by atoms with Crippen molar-refractivity contribution in [2.45, 2.75) is 43.8 Å². The molecule has 0 saturated carbocycles. The van der Waals surface area contributed by atoms with Crippen LogP contribution in [0.2, 0.25) is 0 Å². The lowest BCUT2D eigenvalue weighted by Crippen LogP contribution is -2.36. The van der Waals surface area contributed by atoms with Gasteiger partial charge in [0.25, 0.3) is 0 Å². The Morgan fingerprint density at radius 2 is 1.89 bits per heavy atom. The number of nitrogens with zero attached hydrogens (tertiary/aromatic N) is 5. The largest absolute Gasteiger partial charge is 0.417 e. The number of aryl methyl sites for hydroxylation is 1. The van der Waals surface area contributed by atoms with E-state index in [2.05, 4.69) is 67.7 Å². The highest BCUT2D eigenvalue weighted by atomic mass is 32.2. The van der Waals surface area contributed by atoms with Gasteiger partial charge in [-0.3, -0.25) is 0 Å². The Bertz CT molecular complexity index is 1470. The molecule has 3 aromatic heterocycles. The molecular formula is C27H26F3N7S. The average Bonchev–Trinajstić information content (AvgIpc) is 3.33. The summed E-state index contributed by atoms with van der Waals surface area (Å²) < 4.78 is 42.3. The molecular weight excluding hydrogens is 511 g/mol. The molecule has 4 aromatic rings. The summed E-state index contributed by atoms with van der Waals surface area (Å²) in [6, 6.07) is 11.7. The molecule has 4 heterocycles. The molecule has 38 heavy (non-hydrogen) atoms. The molecule has 1 unspecified atom stereocenters. The van der Waals surface area contributed by atoms with Crippen molar-refractivity contribution in [3.8, 4) is 17.3 Å². The minimum absolute atomic E-state index is 0.0729. The van der Waals surface area contributed by atoms with E-state index in [0.717, 1.165) is 38.2 Å². The highest BCUT2D eigenvalue weighted by Crippen LogP contribution is 2.35. The van der Waals surface area contributed by atoms with Crippen LogP contribution in [0.1, 0.15) is 36.5 Å². The van der Waals surface area contributed by atoms with Crippen molar-refractivity contribution in [1.82, 2.24) is 24.2 Å². The van der Waals surface area contributed by atoms with E-state index in [1.807, 2.05) is 6.07 Å². The molecule has 11 heteroatoms. The summed E-state index contributed by atoms with van der Waals surface area (Å²) in [5.74, 6) is 0.733. The molecule has 7 nitrogen and oxygen atoms in total. The Morgan fingerprint density at radius 3 is 2.58 bits per heavy atom. The fraction of sp³-hybridized carbons (Fsp3) is 0.333. The zero-order chi connectivity index (χ0) is 26.9. The zero-order valence-electron chi connectivity index (χ0n) is 20.9. The molecule has 1 saturated heterocycles. The molecule has 0 spiro atoms. The Balaban J connectivity index is 1.30. The van der Waals surface area contributed by atoms with E-state index in [1.54, 1.807) is 11.9 Å². The molecule has 1 aliphatic heterocycles. The summed E-state index contributed by atoms with van der Waals surface area (Å²) in [6.07, 6.45) is 1.19. The maximum Gasteiger partial charge on any atom is 0.417 e. The van der Waals surface area contributed by atoms with Gasteiger partial charge in [0.2, 0.25) is 5.95 Å². The number of hydrogen-bond acceptors (Lipinski definition) is 7. The minimum atomic E-state index is -4.53. The predicted octanol–water partition coefficient (Wildman–Crippen LogP) is 6.44. The third kappa shape index (κ3) is 5.61. The van der Waals surface area contributed by atoms with Crippen molar-refractivity contribution in [3.63, 3.8) is 0 Å². The molecule has 0 radical (unpaired) electrons. The number of aromatic nitrogens is 4. The van der Waals surface area contributed by atoms with Gasteiger partial charge in [-0.15, -0.1) is 0 Å². The molecule has 0 amide bonds. The number of nitriles is 1. The van der Waals surface area contributed by atoms with Gasteiger partial charge in [0, 0.05) is 47.4 Å². The summed E-state index contributed by atoms with van der Waals surface area (Å²) in [4.78, 5) is 16.9. The van der Waals surface area contributed by atoms with Gasteiger partial charge in [0.1, 0.15) is 11.7 Å². The summed E-state index contributed by atoms with van der Waals surface area (Å²) in [7, 11) is 0. The first-order chi connectivity index (χ1) is 18.2. The number of alkyl halides is 3. The van der Waals surface area contributed by atoms with Crippen LogP contribution in [0.4, 0.5) is 19.1 Å². The van der Waals surface area contributed by atoms with Crippen LogP contribution >= 0.6 is 11.9 Å². The molecule has 1 aromatic carbocycles. The van der Waals surface area contributed by atoms with Gasteiger partial charge in [-0.1, -0.05) is 17.7 Å². The van der Waals surface area contributed by atoms with Crippen LogP contribution in [0.25, 0.3) is 22.3 Å². The number of H-pyrrole nitrogens is 1. The monoisotopic (exact) mass is 537 g/mol. The lowest BCUT2D eigenvalue weighted by molar-refractivity contribution is -0.137. The van der Waals surface area contributed by atoms with Crippen molar-refractivity contribution >= 4 is 28.9 Å². The smallest absolute Gasteiger partial charge is 0.351 e. The molecule has 1 fully saturated rings. The van der Waals surface area contributed by atoms with E-state index in [-0.39, 0.29) is 28.3 Å². The van der Waals surface area contributed by atoms with Crippen LogP contribution in [0, 0.1) is 24.2 Å². The number of rotatable bonds is 6. The first-order valence-electron chi connectivity index (χ1n) is 12.3. The molecule has 1 aliphatic rings. The Hall–Kier alpha value is -3.62. The Labute approximate surface area is 222 Å². The van der Waals surface area contributed by atoms with E-state index in [4.69, 9.17) is 0 Å². The summed E-state index contributed by atoms with van der Waals surface area (Å²) in [5, 5.41) is 13.2. The quantitative estimate of drug-likeness (QED) is 0.274. The van der Waals surface area contributed by atoms with Crippen LogP contribution in [-0.2, 0) is 6.18 Å². The van der Waals surface area contributed by atoms with Gasteiger partial charge in [0.05, 0.1) is 23.0 Å². The second kappa shape index (κ2) is 10.6. The summed E-state index contributed by atoms with van der Waals surface area (Å²) in [5.41, 5.74) is 1.46. The zero-order valence-corrected chi connectivity index (χ0v) is 21.7. The van der Waals surface area contributed by atoms with Crippen LogP contribution in [0.3, 0.4) is 0 Å². The highest BCUT2D eigenvalue weighted by molar-refractivity contribution is 7.97. The summed E-state index contributed by atoms with van der Waals surface area (Å²) >= 11 is 1.78. The van der Waals surface area contributed by atoms with Gasteiger partial charge >= 0.3 is 6.18 Å². The second-order valence-corrected chi connectivity index (χ2v) is 10.7. The van der Waals surface area contributed by atoms with Crippen LogP contribution in [0.5, 0.6) is 0 Å². The van der Waals surface area contributed by atoms with Crippen molar-refractivity contribution in [2.24, 2.45) is 5.92 Å². The fourth-order valence-electron chi connectivity index (χ4n) is 4.63. The lowest BCUT2D eigenvalue weighted by atomic mass is 9.91. The molecule has 2 N–H and O–H groups in total. The van der Waals surface area contributed by atoms with Crippen LogP contribution in [0.15, 0.2) is 53.8 Å². The third-order valence-electron chi connectivity index (χ3n) is 6.84. The molecule has 196 valence electrons. The van der Waals surface area contributed by atoms with Gasteiger partial charge in [-0.05, 0) is 62.8 Å². The number of aromatic amines is 1. The average molecular weight is 538 g/mol. The highest BCUT2D eigenvalue weighted by Gasteiger charge is 2.32. The first kappa shape index (κ1) is 26.0. The number of hydrogen-bond donors (Lipinski definition) is 2. The fourth-order valence-corrected chi connectivity index (χ4v) is 5.58. The number of benzene rings is 1. The number of pyridine rings is 1. The standard InChI is InChI=1S/C27H26F3N7S/c1-16-3-5-21(6-4-16)38-37-9-7-18(8-10-37)17(2)35-26-34-13-19(12-31)24(36-26)23-15-33-25-22(23)11-20(14-32-25)27(28,29)30/h3-6,11,13-15,17-18H,7-10H2,1-2H3,(H,32,33)(H,34,35,36). The van der Waals surface area contributed by atoms with Crippen molar-refractivity contribution < 1.29 is 13.2 Å². The maximum atomic E-state index is 13.3. The Kier molecular flexibility index (Phi) is 7.27. The van der Waals surface area contributed by atoms with Gasteiger partial charge in [-0.25, -0.2) is 19.3 Å². The molecule has 0 aliphatic carbocycles. The number of nitrogens with one attached hydrogen (secondary N) is 2. The van der Waals surface area contributed by atoms with Crippen molar-refractivity contribution in [1.29, 1.82) is 5.26 Å². The number of piperidine rings is 1. The number of fused-ring (bicyclic) bond motifs is 1. The van der Waals surface area contributed by atoms with E-state index < -0.39 is 11.7 Å². The van der Waals surface area contributed by atoms with Crippen molar-refractivity contribution in [3.05, 3.63) is 65.6 Å². The Morgan fingerprint density at radius 1 is 1.16 bits per heavy atom. The van der Waals surface area contributed by atoms with E-state index >= 15 is 0 Å².